The molecule has 1 nitrogen and oxygen atoms in total. The summed E-state index contributed by atoms with van der Waals surface area (Å²) in [6, 6.07) is 82.0. The molecule has 11 aromatic rings. The van der Waals surface area contributed by atoms with Crippen molar-refractivity contribution in [3.63, 3.8) is 0 Å². The fourth-order valence-corrected chi connectivity index (χ4v) is 8.74. The molecule has 1 heteroatoms. The van der Waals surface area contributed by atoms with Crippen molar-refractivity contribution in [1.82, 2.24) is 0 Å². The standard InChI is InChI=1S/C56H37N/c1-3-13-38(14-4-1)40-17-11-19-48(33-40)57(49-20-12-18-41(34-49)39-15-5-2-6-16-39)50-30-29-44-31-42(25-27-45(44)35-50)43-26-28-46-36-55-53-23-9-7-21-51(53)52-22-8-10-24-54(52)56(55)37-47(46)32-43/h1-37H. The van der Waals surface area contributed by atoms with Gasteiger partial charge in [-0.2, -0.15) is 0 Å². The molecule has 0 heterocycles. The second-order valence-corrected chi connectivity index (χ2v) is 15.0. The molecule has 57 heavy (non-hydrogen) atoms. The molecule has 0 aromatic heterocycles. The molecule has 11 aromatic carbocycles. The molecule has 0 unspecified atom stereocenters. The minimum absolute atomic E-state index is 1.11. The minimum atomic E-state index is 1.11. The summed E-state index contributed by atoms with van der Waals surface area (Å²) >= 11 is 0. The highest BCUT2D eigenvalue weighted by Crippen LogP contribution is 2.41. The summed E-state index contributed by atoms with van der Waals surface area (Å²) in [5, 5.41) is 12.7. The van der Waals surface area contributed by atoms with Gasteiger partial charge in [-0.05, 0) is 148 Å². The second-order valence-electron chi connectivity index (χ2n) is 15.0. The maximum atomic E-state index is 2.39. The first-order chi connectivity index (χ1) is 28.2. The number of hydrogen-bond donors (Lipinski definition) is 0. The number of fused-ring (bicyclic) bond motifs is 8. The average Bonchev–Trinajstić information content (AvgIpc) is 3.29. The first-order valence-electron chi connectivity index (χ1n) is 19.7. The highest BCUT2D eigenvalue weighted by atomic mass is 15.1. The summed E-state index contributed by atoms with van der Waals surface area (Å²) in [7, 11) is 0. The van der Waals surface area contributed by atoms with E-state index in [0.29, 0.717) is 0 Å². The average molecular weight is 724 g/mol. The van der Waals surface area contributed by atoms with E-state index in [-0.39, 0.29) is 0 Å². The molecule has 0 aliphatic carbocycles. The molecule has 0 spiro atoms. The third-order valence-electron chi connectivity index (χ3n) is 11.5. The van der Waals surface area contributed by atoms with Crippen LogP contribution in [0.1, 0.15) is 0 Å². The highest BCUT2D eigenvalue weighted by molar-refractivity contribution is 6.27. The lowest BCUT2D eigenvalue weighted by Crippen LogP contribution is -2.10. The van der Waals surface area contributed by atoms with Crippen molar-refractivity contribution in [2.45, 2.75) is 0 Å². The van der Waals surface area contributed by atoms with Crippen LogP contribution in [0.15, 0.2) is 224 Å². The van der Waals surface area contributed by atoms with Crippen LogP contribution in [0.5, 0.6) is 0 Å². The lowest BCUT2D eigenvalue weighted by Gasteiger charge is -2.27. The third kappa shape index (κ3) is 5.89. The monoisotopic (exact) mass is 723 g/mol. The van der Waals surface area contributed by atoms with Crippen molar-refractivity contribution in [2.75, 3.05) is 4.90 Å². The highest BCUT2D eigenvalue weighted by Gasteiger charge is 2.16. The Kier molecular flexibility index (Phi) is 7.89. The second kappa shape index (κ2) is 13.7. The predicted octanol–water partition coefficient (Wildman–Crippen LogP) is 15.9. The normalized spacial score (nSPS) is 11.5. The summed E-state index contributed by atoms with van der Waals surface area (Å²) < 4.78 is 0. The molecule has 0 aliphatic rings. The van der Waals surface area contributed by atoms with Gasteiger partial charge >= 0.3 is 0 Å². The van der Waals surface area contributed by atoms with E-state index in [4.69, 9.17) is 0 Å². The van der Waals surface area contributed by atoms with Gasteiger partial charge in [-0.15, -0.1) is 0 Å². The molecule has 0 radical (unpaired) electrons. The van der Waals surface area contributed by atoms with Gasteiger partial charge in [-0.1, -0.05) is 164 Å². The Morgan fingerprint density at radius 2 is 0.561 bits per heavy atom. The fourth-order valence-electron chi connectivity index (χ4n) is 8.74. The molecular weight excluding hydrogens is 687 g/mol. The molecule has 0 atom stereocenters. The van der Waals surface area contributed by atoms with E-state index in [1.165, 1.54) is 87.2 Å². The molecule has 0 fully saturated rings. The van der Waals surface area contributed by atoms with Crippen LogP contribution >= 0.6 is 0 Å². The number of rotatable bonds is 6. The summed E-state index contributed by atoms with van der Waals surface area (Å²) in [6.07, 6.45) is 0. The summed E-state index contributed by atoms with van der Waals surface area (Å²) in [5.74, 6) is 0. The predicted molar refractivity (Wildman–Crippen MR) is 245 cm³/mol. The number of nitrogens with zero attached hydrogens (tertiary/aromatic N) is 1. The van der Waals surface area contributed by atoms with Gasteiger partial charge in [0.2, 0.25) is 0 Å². The van der Waals surface area contributed by atoms with Gasteiger partial charge in [0.15, 0.2) is 0 Å². The number of benzene rings is 11. The van der Waals surface area contributed by atoms with Crippen molar-refractivity contribution in [3.8, 4) is 33.4 Å². The molecule has 0 aliphatic heterocycles. The van der Waals surface area contributed by atoms with Crippen LogP contribution in [-0.4, -0.2) is 0 Å². The van der Waals surface area contributed by atoms with Gasteiger partial charge in [-0.25, -0.2) is 0 Å². The van der Waals surface area contributed by atoms with Gasteiger partial charge < -0.3 is 4.90 Å². The van der Waals surface area contributed by atoms with Crippen LogP contribution in [0.4, 0.5) is 17.1 Å². The first-order valence-corrected chi connectivity index (χ1v) is 19.7. The van der Waals surface area contributed by atoms with E-state index in [2.05, 4.69) is 229 Å². The lowest BCUT2D eigenvalue weighted by atomic mass is 9.91. The Balaban J connectivity index is 1.01. The van der Waals surface area contributed by atoms with Crippen LogP contribution in [0.3, 0.4) is 0 Å². The first kappa shape index (κ1) is 32.9. The van der Waals surface area contributed by atoms with Crippen LogP contribution in [-0.2, 0) is 0 Å². The van der Waals surface area contributed by atoms with Gasteiger partial charge in [-0.3, -0.25) is 0 Å². The fraction of sp³-hybridized carbons (Fsp3) is 0. The molecular formula is C56H37N. The van der Waals surface area contributed by atoms with Crippen LogP contribution in [0, 0.1) is 0 Å². The number of anilines is 3. The van der Waals surface area contributed by atoms with Crippen LogP contribution in [0.25, 0.3) is 87.2 Å². The van der Waals surface area contributed by atoms with E-state index < -0.39 is 0 Å². The van der Waals surface area contributed by atoms with Gasteiger partial charge in [0, 0.05) is 17.1 Å². The molecule has 11 rings (SSSR count). The van der Waals surface area contributed by atoms with Crippen LogP contribution < -0.4 is 4.90 Å². The molecule has 0 amide bonds. The van der Waals surface area contributed by atoms with Crippen molar-refractivity contribution >= 4 is 70.9 Å². The van der Waals surface area contributed by atoms with E-state index in [9.17, 15) is 0 Å². The molecule has 0 saturated carbocycles. The topological polar surface area (TPSA) is 3.24 Å². The molecule has 0 bridgehead atoms. The Morgan fingerprint density at radius 3 is 1.11 bits per heavy atom. The Labute approximate surface area is 332 Å². The Bertz CT molecular complexity index is 3210. The summed E-state index contributed by atoms with van der Waals surface area (Å²) in [5.41, 5.74) is 10.5. The zero-order chi connectivity index (χ0) is 37.7. The van der Waals surface area contributed by atoms with Crippen molar-refractivity contribution in [1.29, 1.82) is 0 Å². The zero-order valence-corrected chi connectivity index (χ0v) is 31.3. The molecule has 0 saturated heterocycles. The molecule has 266 valence electrons. The largest absolute Gasteiger partial charge is 0.310 e. The van der Waals surface area contributed by atoms with Crippen molar-refractivity contribution < 1.29 is 0 Å². The van der Waals surface area contributed by atoms with Gasteiger partial charge in [0.05, 0.1) is 0 Å². The zero-order valence-electron chi connectivity index (χ0n) is 31.3. The third-order valence-corrected chi connectivity index (χ3v) is 11.5. The van der Waals surface area contributed by atoms with E-state index in [1.807, 2.05) is 0 Å². The van der Waals surface area contributed by atoms with Gasteiger partial charge in [0.1, 0.15) is 0 Å². The quantitative estimate of drug-likeness (QED) is 0.122. The van der Waals surface area contributed by atoms with E-state index in [0.717, 1.165) is 17.1 Å². The number of hydrogen-bond acceptors (Lipinski definition) is 1. The molecule has 0 N–H and O–H groups in total. The van der Waals surface area contributed by atoms with E-state index in [1.54, 1.807) is 0 Å². The van der Waals surface area contributed by atoms with Crippen molar-refractivity contribution in [3.05, 3.63) is 224 Å². The van der Waals surface area contributed by atoms with E-state index >= 15 is 0 Å². The maximum Gasteiger partial charge on any atom is 0.0468 e. The SMILES string of the molecule is c1ccc(-c2cccc(N(c3cccc(-c4ccccc4)c3)c3ccc4cc(-c5ccc6cc7c8ccccc8c8ccccc8c7cc6c5)ccc4c3)c2)cc1. The Hall–Kier alpha value is -7.48. The smallest absolute Gasteiger partial charge is 0.0468 e. The van der Waals surface area contributed by atoms with Crippen LogP contribution in [0.2, 0.25) is 0 Å². The summed E-state index contributed by atoms with van der Waals surface area (Å²) in [6.45, 7) is 0. The Morgan fingerprint density at radius 1 is 0.193 bits per heavy atom. The van der Waals surface area contributed by atoms with Gasteiger partial charge in [0.25, 0.3) is 0 Å². The summed E-state index contributed by atoms with van der Waals surface area (Å²) in [4.78, 5) is 2.38. The lowest BCUT2D eigenvalue weighted by molar-refractivity contribution is 1.29. The maximum absolute atomic E-state index is 2.39. The van der Waals surface area contributed by atoms with Crippen molar-refractivity contribution in [2.24, 2.45) is 0 Å². The minimum Gasteiger partial charge on any atom is -0.310 e.